The molecule has 2 atom stereocenters. The number of piperidine rings is 1. The third-order valence-corrected chi connectivity index (χ3v) is 6.84. The zero-order chi connectivity index (χ0) is 19.5. The topological polar surface area (TPSA) is 64.3 Å². The van der Waals surface area contributed by atoms with Crippen LogP contribution in [0.4, 0.5) is 4.39 Å². The molecule has 1 amide bonds. The Morgan fingerprint density at radius 1 is 1.39 bits per heavy atom. The van der Waals surface area contributed by atoms with Gasteiger partial charge in [-0.3, -0.25) is 14.6 Å². The highest BCUT2D eigenvalue weighted by molar-refractivity contribution is 6.34. The van der Waals surface area contributed by atoms with E-state index in [9.17, 15) is 9.18 Å². The largest absolute Gasteiger partial charge is 0.354 e. The van der Waals surface area contributed by atoms with Gasteiger partial charge in [0, 0.05) is 43.7 Å². The average Bonchev–Trinajstić information content (AvgIpc) is 3.27. The van der Waals surface area contributed by atoms with Crippen LogP contribution < -0.4 is 5.32 Å². The van der Waals surface area contributed by atoms with Gasteiger partial charge in [-0.05, 0) is 31.4 Å². The number of aromatic amines is 1. The Morgan fingerprint density at radius 2 is 2.14 bits per heavy atom. The number of hydrogen-bond donors (Lipinski definition) is 2. The van der Waals surface area contributed by atoms with E-state index in [1.807, 2.05) is 6.92 Å². The highest BCUT2D eigenvalue weighted by Gasteiger charge is 2.46. The number of rotatable bonds is 6. The Bertz CT molecular complexity index is 915. The van der Waals surface area contributed by atoms with E-state index in [2.05, 4.69) is 25.1 Å². The summed E-state index contributed by atoms with van der Waals surface area (Å²) in [4.78, 5) is 24.7. The molecule has 4 fully saturated rings. The van der Waals surface area contributed by atoms with Crippen molar-refractivity contribution in [3.63, 3.8) is 0 Å². The highest BCUT2D eigenvalue weighted by atomic mass is 35.5. The van der Waals surface area contributed by atoms with Gasteiger partial charge in [-0.1, -0.05) is 18.5 Å². The molecule has 2 bridgehead atoms. The number of nitrogens with zero attached hydrogens (tertiary/aromatic N) is 3. The normalized spacial score (nSPS) is 26.2. The second kappa shape index (κ2) is 6.68. The number of H-pyrrole nitrogens is 1. The minimum atomic E-state index is -0.356. The summed E-state index contributed by atoms with van der Waals surface area (Å²) in [5, 5.41) is 3.44. The molecular weight excluding hydrogens is 381 g/mol. The second-order valence-corrected chi connectivity index (χ2v) is 9.17. The zero-order valence-corrected chi connectivity index (χ0v) is 16.7. The smallest absolute Gasteiger partial charge is 0.225 e. The Hall–Kier alpha value is -1.70. The first kappa shape index (κ1) is 18.3. The predicted octanol–water partition coefficient (Wildman–Crippen LogP) is 2.53. The first-order chi connectivity index (χ1) is 13.4. The van der Waals surface area contributed by atoms with Gasteiger partial charge in [0.1, 0.15) is 17.2 Å². The second-order valence-electron chi connectivity index (χ2n) is 8.76. The number of carbonyl (C=O) groups excluding carboxylic acids is 1. The highest BCUT2D eigenvalue weighted by Crippen LogP contribution is 2.45. The fourth-order valence-electron chi connectivity index (χ4n) is 4.58. The fourth-order valence-corrected chi connectivity index (χ4v) is 4.82. The van der Waals surface area contributed by atoms with Gasteiger partial charge in [-0.2, -0.15) is 0 Å². The molecule has 2 unspecified atom stereocenters. The van der Waals surface area contributed by atoms with Crippen molar-refractivity contribution in [3.8, 4) is 0 Å². The molecule has 8 heteroatoms. The van der Waals surface area contributed by atoms with E-state index in [-0.39, 0.29) is 17.1 Å². The monoisotopic (exact) mass is 405 g/mol. The quantitative estimate of drug-likeness (QED) is 0.775. The van der Waals surface area contributed by atoms with Crippen molar-refractivity contribution >= 4 is 28.5 Å². The summed E-state index contributed by atoms with van der Waals surface area (Å²) in [7, 11) is 0. The molecule has 3 saturated heterocycles. The van der Waals surface area contributed by atoms with E-state index in [1.54, 1.807) is 0 Å². The van der Waals surface area contributed by atoms with Crippen LogP contribution in [0.3, 0.4) is 0 Å². The number of hydrogen-bond acceptors (Lipinski definition) is 4. The van der Waals surface area contributed by atoms with Gasteiger partial charge in [0.2, 0.25) is 5.91 Å². The lowest BCUT2D eigenvalue weighted by atomic mass is 9.87. The van der Waals surface area contributed by atoms with Crippen LogP contribution in [0.15, 0.2) is 12.1 Å². The molecule has 0 radical (unpaired) electrons. The molecule has 2 aromatic rings. The van der Waals surface area contributed by atoms with Crippen molar-refractivity contribution in [2.24, 2.45) is 5.41 Å². The average molecular weight is 406 g/mol. The summed E-state index contributed by atoms with van der Waals surface area (Å²) in [6.45, 7) is 6.38. The molecule has 6 nitrogen and oxygen atoms in total. The van der Waals surface area contributed by atoms with Gasteiger partial charge in [-0.15, -0.1) is 0 Å². The van der Waals surface area contributed by atoms with Crippen LogP contribution in [0, 0.1) is 11.2 Å². The molecule has 6 rings (SSSR count). The number of halogens is 2. The van der Waals surface area contributed by atoms with Crippen molar-refractivity contribution in [3.05, 3.63) is 28.8 Å². The molecule has 1 aliphatic carbocycles. The summed E-state index contributed by atoms with van der Waals surface area (Å²) in [6.07, 6.45) is 3.25. The molecule has 4 aliphatic rings. The van der Waals surface area contributed by atoms with E-state index in [0.717, 1.165) is 44.8 Å². The number of aromatic nitrogens is 2. The van der Waals surface area contributed by atoms with E-state index >= 15 is 0 Å². The lowest BCUT2D eigenvalue weighted by Crippen LogP contribution is -2.69. The molecule has 150 valence electrons. The molecule has 3 aliphatic heterocycles. The molecule has 1 saturated carbocycles. The van der Waals surface area contributed by atoms with Gasteiger partial charge in [0.25, 0.3) is 0 Å². The number of carbonyl (C=O) groups is 1. The van der Waals surface area contributed by atoms with Crippen LogP contribution in [0.1, 0.15) is 32.0 Å². The van der Waals surface area contributed by atoms with Crippen LogP contribution in [-0.2, 0) is 11.3 Å². The molecule has 0 spiro atoms. The first-order valence-electron chi connectivity index (χ1n) is 10.0. The summed E-state index contributed by atoms with van der Waals surface area (Å²) in [5.41, 5.74) is 1.17. The molecule has 28 heavy (non-hydrogen) atoms. The fraction of sp³-hybridized carbons (Fsp3) is 0.600. The third-order valence-electron chi connectivity index (χ3n) is 6.55. The number of amides is 1. The maximum Gasteiger partial charge on any atom is 0.225 e. The summed E-state index contributed by atoms with van der Waals surface area (Å²) >= 11 is 6.10. The predicted molar refractivity (Wildman–Crippen MR) is 106 cm³/mol. The van der Waals surface area contributed by atoms with Gasteiger partial charge in [-0.25, -0.2) is 9.37 Å². The molecule has 2 N–H and O–H groups in total. The standard InChI is InChI=1S/C20H25ClFN5O/c1-20(2-3-20)19(28)23-4-5-27-13-8-14(27)10-26(9-13)11-17-24-16-7-12(22)6-15(21)18(16)25-17/h6-7,13-14H,2-5,8-11H2,1H3,(H,23,28)(H,24,25). The van der Waals surface area contributed by atoms with Gasteiger partial charge >= 0.3 is 0 Å². The van der Waals surface area contributed by atoms with Crippen LogP contribution in [0.25, 0.3) is 11.0 Å². The van der Waals surface area contributed by atoms with Crippen molar-refractivity contribution in [1.29, 1.82) is 0 Å². The van der Waals surface area contributed by atoms with Crippen molar-refractivity contribution in [1.82, 2.24) is 25.1 Å². The van der Waals surface area contributed by atoms with Gasteiger partial charge in [0.15, 0.2) is 0 Å². The number of nitrogens with one attached hydrogen (secondary N) is 2. The van der Waals surface area contributed by atoms with E-state index < -0.39 is 0 Å². The SMILES string of the molecule is CC1(C(=O)NCCN2C3CC2CN(Cc2nc4c(Cl)cc(F)cc4[nH]2)C3)CC1. The molecular formula is C20H25ClFN5O. The van der Waals surface area contributed by atoms with Gasteiger partial charge < -0.3 is 10.3 Å². The molecule has 1 aromatic heterocycles. The Kier molecular flexibility index (Phi) is 4.37. The minimum Gasteiger partial charge on any atom is -0.354 e. The summed E-state index contributed by atoms with van der Waals surface area (Å²) < 4.78 is 13.5. The maximum atomic E-state index is 13.5. The van der Waals surface area contributed by atoms with Crippen LogP contribution in [0.5, 0.6) is 0 Å². The minimum absolute atomic E-state index is 0.0972. The Morgan fingerprint density at radius 3 is 2.86 bits per heavy atom. The first-order valence-corrected chi connectivity index (χ1v) is 10.4. The molecule has 4 heterocycles. The summed E-state index contributed by atoms with van der Waals surface area (Å²) in [6, 6.07) is 3.81. The van der Waals surface area contributed by atoms with Gasteiger partial charge in [0.05, 0.1) is 17.1 Å². The lowest BCUT2D eigenvalue weighted by molar-refractivity contribution is -0.126. The Labute approximate surface area is 168 Å². The number of piperazine rings is 1. The zero-order valence-electron chi connectivity index (χ0n) is 16.0. The number of fused-ring (bicyclic) bond motifs is 3. The lowest BCUT2D eigenvalue weighted by Gasteiger charge is -2.56. The van der Waals surface area contributed by atoms with Crippen molar-refractivity contribution in [2.75, 3.05) is 26.2 Å². The Balaban J connectivity index is 1.14. The van der Waals surface area contributed by atoms with Crippen LogP contribution in [0.2, 0.25) is 5.02 Å². The van der Waals surface area contributed by atoms with E-state index in [4.69, 9.17) is 11.6 Å². The van der Waals surface area contributed by atoms with Crippen molar-refractivity contribution in [2.45, 2.75) is 44.8 Å². The summed E-state index contributed by atoms with van der Waals surface area (Å²) in [5.74, 6) is 0.672. The molecule has 1 aromatic carbocycles. The van der Waals surface area contributed by atoms with E-state index in [0.29, 0.717) is 34.7 Å². The van der Waals surface area contributed by atoms with Crippen LogP contribution in [-0.4, -0.2) is 63.9 Å². The number of imidazole rings is 1. The van der Waals surface area contributed by atoms with E-state index in [1.165, 1.54) is 18.6 Å². The number of benzene rings is 1. The van der Waals surface area contributed by atoms with Crippen LogP contribution >= 0.6 is 11.6 Å². The third kappa shape index (κ3) is 3.29. The van der Waals surface area contributed by atoms with Crippen molar-refractivity contribution < 1.29 is 9.18 Å². The maximum absolute atomic E-state index is 13.5.